The van der Waals surface area contributed by atoms with E-state index in [1.165, 1.54) is 11.3 Å². The molecule has 0 fully saturated rings. The molecular weight excluding hydrogens is 370 g/mol. The van der Waals surface area contributed by atoms with Gasteiger partial charge in [0.05, 0.1) is 0 Å². The number of nitrogens with zero attached hydrogens (tertiary/aromatic N) is 3. The fourth-order valence-electron chi connectivity index (χ4n) is 2.32. The highest BCUT2D eigenvalue weighted by molar-refractivity contribution is 7.13. The second-order valence-electron chi connectivity index (χ2n) is 5.38. The highest BCUT2D eigenvalue weighted by Gasteiger charge is 2.17. The standard InChI is InChI=1S/C17H13N5O4S/c23-15(10-2-3-12-13(8-10)26-7-6-25-12)21-22-16(24)11-9-27-17(20-11)14-18-4-1-5-19-14/h1-5,8-9H,6-7H2,(H,21,23)(H,22,24). The van der Waals surface area contributed by atoms with Gasteiger partial charge >= 0.3 is 0 Å². The van der Waals surface area contributed by atoms with E-state index in [1.54, 1.807) is 42.0 Å². The van der Waals surface area contributed by atoms with Gasteiger partial charge in [0.2, 0.25) is 0 Å². The van der Waals surface area contributed by atoms with E-state index in [1.807, 2.05) is 0 Å². The minimum absolute atomic E-state index is 0.157. The summed E-state index contributed by atoms with van der Waals surface area (Å²) in [5.74, 6) is 0.482. The van der Waals surface area contributed by atoms with Gasteiger partial charge in [0.15, 0.2) is 22.3 Å². The topological polar surface area (TPSA) is 115 Å². The molecular formula is C17H13N5O4S. The van der Waals surface area contributed by atoms with Gasteiger partial charge in [-0.25, -0.2) is 15.0 Å². The molecule has 10 heteroatoms. The average molecular weight is 383 g/mol. The van der Waals surface area contributed by atoms with Gasteiger partial charge in [-0.15, -0.1) is 11.3 Å². The number of fused-ring (bicyclic) bond motifs is 1. The highest BCUT2D eigenvalue weighted by Crippen LogP contribution is 2.30. The van der Waals surface area contributed by atoms with Gasteiger partial charge in [-0.05, 0) is 24.3 Å². The Kier molecular flexibility index (Phi) is 4.62. The lowest BCUT2D eigenvalue weighted by molar-refractivity contribution is 0.0844. The molecule has 2 aromatic heterocycles. The minimum Gasteiger partial charge on any atom is -0.486 e. The summed E-state index contributed by atoms with van der Waals surface area (Å²) < 4.78 is 10.9. The van der Waals surface area contributed by atoms with E-state index in [4.69, 9.17) is 9.47 Å². The lowest BCUT2D eigenvalue weighted by Crippen LogP contribution is -2.41. The molecule has 3 heterocycles. The molecule has 0 saturated heterocycles. The molecule has 4 rings (SSSR count). The summed E-state index contributed by atoms with van der Waals surface area (Å²) >= 11 is 1.24. The second-order valence-corrected chi connectivity index (χ2v) is 6.24. The predicted molar refractivity (Wildman–Crippen MR) is 95.5 cm³/mol. The van der Waals surface area contributed by atoms with Crippen LogP contribution in [0.15, 0.2) is 42.0 Å². The number of hydrogen-bond donors (Lipinski definition) is 2. The average Bonchev–Trinajstić information content (AvgIpc) is 3.22. The van der Waals surface area contributed by atoms with E-state index in [0.29, 0.717) is 41.1 Å². The number of amides is 2. The molecule has 27 heavy (non-hydrogen) atoms. The van der Waals surface area contributed by atoms with Crippen molar-refractivity contribution in [3.05, 3.63) is 53.3 Å². The first-order valence-corrected chi connectivity index (χ1v) is 8.82. The number of thiazole rings is 1. The maximum Gasteiger partial charge on any atom is 0.289 e. The SMILES string of the molecule is O=C(NNC(=O)c1csc(-c2ncccn2)n1)c1ccc2c(c1)OCCO2. The normalized spacial score (nSPS) is 12.3. The van der Waals surface area contributed by atoms with Crippen LogP contribution in [0.25, 0.3) is 10.8 Å². The molecule has 1 aliphatic rings. The van der Waals surface area contributed by atoms with Crippen molar-refractivity contribution < 1.29 is 19.1 Å². The summed E-state index contributed by atoms with van der Waals surface area (Å²) in [7, 11) is 0. The summed E-state index contributed by atoms with van der Waals surface area (Å²) in [6.45, 7) is 0.893. The molecule has 0 saturated carbocycles. The molecule has 2 N–H and O–H groups in total. The fraction of sp³-hybridized carbons (Fsp3) is 0.118. The first-order chi connectivity index (χ1) is 13.2. The quantitative estimate of drug-likeness (QED) is 0.658. The van der Waals surface area contributed by atoms with Crippen LogP contribution in [-0.4, -0.2) is 40.0 Å². The Morgan fingerprint density at radius 1 is 1.00 bits per heavy atom. The molecule has 0 radical (unpaired) electrons. The minimum atomic E-state index is -0.542. The van der Waals surface area contributed by atoms with E-state index < -0.39 is 11.8 Å². The summed E-state index contributed by atoms with van der Waals surface area (Å²) in [5.41, 5.74) is 5.17. The number of carbonyl (C=O) groups excluding carboxylic acids is 2. The lowest BCUT2D eigenvalue weighted by Gasteiger charge is -2.18. The Hall–Kier alpha value is -3.53. The molecule has 136 valence electrons. The van der Waals surface area contributed by atoms with Crippen molar-refractivity contribution in [3.8, 4) is 22.3 Å². The molecule has 0 atom stereocenters. The number of rotatable bonds is 3. The Balaban J connectivity index is 1.39. The number of ether oxygens (including phenoxy) is 2. The van der Waals surface area contributed by atoms with E-state index in [2.05, 4.69) is 25.8 Å². The molecule has 1 aliphatic heterocycles. The number of hydrogen-bond acceptors (Lipinski definition) is 8. The van der Waals surface area contributed by atoms with Crippen molar-refractivity contribution >= 4 is 23.2 Å². The number of nitrogens with one attached hydrogen (secondary N) is 2. The number of aromatic nitrogens is 3. The van der Waals surface area contributed by atoms with Crippen LogP contribution in [0, 0.1) is 0 Å². The van der Waals surface area contributed by atoms with Gasteiger partial charge in [-0.3, -0.25) is 20.4 Å². The van der Waals surface area contributed by atoms with Crippen LogP contribution < -0.4 is 20.3 Å². The zero-order valence-corrected chi connectivity index (χ0v) is 14.7. The Labute approximate surface area is 157 Å². The number of benzene rings is 1. The van der Waals surface area contributed by atoms with Crippen LogP contribution in [0.1, 0.15) is 20.8 Å². The third-order valence-electron chi connectivity index (χ3n) is 3.59. The van der Waals surface area contributed by atoms with Crippen LogP contribution >= 0.6 is 11.3 Å². The van der Waals surface area contributed by atoms with Crippen molar-refractivity contribution in [2.24, 2.45) is 0 Å². The van der Waals surface area contributed by atoms with Gasteiger partial charge < -0.3 is 9.47 Å². The summed E-state index contributed by atoms with van der Waals surface area (Å²) in [6.07, 6.45) is 3.19. The van der Waals surface area contributed by atoms with Crippen LogP contribution in [0.3, 0.4) is 0 Å². The first kappa shape index (κ1) is 16.9. The third kappa shape index (κ3) is 3.70. The maximum atomic E-state index is 12.2. The van der Waals surface area contributed by atoms with Gasteiger partial charge in [0, 0.05) is 23.3 Å². The Bertz CT molecular complexity index is 992. The predicted octanol–water partition coefficient (Wildman–Crippen LogP) is 1.45. The first-order valence-electron chi connectivity index (χ1n) is 7.94. The summed E-state index contributed by atoms with van der Waals surface area (Å²) in [5, 5.41) is 2.08. The maximum absolute atomic E-state index is 12.2. The van der Waals surface area contributed by atoms with Crippen molar-refractivity contribution in [1.29, 1.82) is 0 Å². The van der Waals surface area contributed by atoms with Gasteiger partial charge in [-0.1, -0.05) is 0 Å². The fourth-order valence-corrected chi connectivity index (χ4v) is 3.07. The zero-order valence-electron chi connectivity index (χ0n) is 13.8. The molecule has 0 spiro atoms. The molecule has 3 aromatic rings. The van der Waals surface area contributed by atoms with Crippen molar-refractivity contribution in [3.63, 3.8) is 0 Å². The Morgan fingerprint density at radius 2 is 1.74 bits per heavy atom. The van der Waals surface area contributed by atoms with Crippen LogP contribution in [0.5, 0.6) is 11.5 Å². The molecule has 0 unspecified atom stereocenters. The molecule has 1 aromatic carbocycles. The molecule has 0 aliphatic carbocycles. The van der Waals surface area contributed by atoms with E-state index >= 15 is 0 Å². The van der Waals surface area contributed by atoms with E-state index in [-0.39, 0.29) is 5.69 Å². The summed E-state index contributed by atoms with van der Waals surface area (Å²) in [4.78, 5) is 36.8. The largest absolute Gasteiger partial charge is 0.486 e. The van der Waals surface area contributed by atoms with Gasteiger partial charge in [0.1, 0.15) is 18.9 Å². The smallest absolute Gasteiger partial charge is 0.289 e. The molecule has 2 amide bonds. The second kappa shape index (κ2) is 7.38. The van der Waals surface area contributed by atoms with Gasteiger partial charge in [0.25, 0.3) is 11.8 Å². The van der Waals surface area contributed by atoms with E-state index in [0.717, 1.165) is 0 Å². The van der Waals surface area contributed by atoms with Crippen molar-refractivity contribution in [1.82, 2.24) is 25.8 Å². The van der Waals surface area contributed by atoms with Crippen LogP contribution in [0.2, 0.25) is 0 Å². The number of hydrazine groups is 1. The monoisotopic (exact) mass is 383 g/mol. The van der Waals surface area contributed by atoms with E-state index in [9.17, 15) is 9.59 Å². The number of carbonyl (C=O) groups is 2. The van der Waals surface area contributed by atoms with Crippen molar-refractivity contribution in [2.75, 3.05) is 13.2 Å². The third-order valence-corrected chi connectivity index (χ3v) is 4.43. The highest BCUT2D eigenvalue weighted by atomic mass is 32.1. The van der Waals surface area contributed by atoms with Gasteiger partial charge in [-0.2, -0.15) is 0 Å². The zero-order chi connectivity index (χ0) is 18.6. The van der Waals surface area contributed by atoms with Crippen LogP contribution in [-0.2, 0) is 0 Å². The molecule has 9 nitrogen and oxygen atoms in total. The molecule has 0 bridgehead atoms. The lowest BCUT2D eigenvalue weighted by atomic mass is 10.2. The summed E-state index contributed by atoms with van der Waals surface area (Å²) in [6, 6.07) is 6.49. The van der Waals surface area contributed by atoms with Crippen molar-refractivity contribution in [2.45, 2.75) is 0 Å². The Morgan fingerprint density at radius 3 is 2.56 bits per heavy atom. The van der Waals surface area contributed by atoms with Crippen LogP contribution in [0.4, 0.5) is 0 Å².